The van der Waals surface area contributed by atoms with Gasteiger partial charge in [-0.1, -0.05) is 0 Å². The number of benzene rings is 1. The third kappa shape index (κ3) is 4.02. The number of methoxy groups -OCH3 is 1. The Morgan fingerprint density at radius 2 is 1.68 bits per heavy atom. The second-order valence-electron chi connectivity index (χ2n) is 6.68. The highest BCUT2D eigenvalue weighted by molar-refractivity contribution is 7.89. The molecule has 140 valence electrons. The van der Waals surface area contributed by atoms with E-state index in [9.17, 15) is 17.2 Å². The maximum absolute atomic E-state index is 13.9. The number of nitrogens with zero attached hydrogens (tertiary/aromatic N) is 2. The first-order valence-electron chi connectivity index (χ1n) is 8.64. The van der Waals surface area contributed by atoms with Crippen LogP contribution >= 0.6 is 0 Å². The van der Waals surface area contributed by atoms with Crippen LogP contribution in [0.1, 0.15) is 25.7 Å². The molecule has 2 fully saturated rings. The number of hydrogen-bond donors (Lipinski definition) is 0. The highest BCUT2D eigenvalue weighted by Gasteiger charge is 2.34. The van der Waals surface area contributed by atoms with E-state index >= 15 is 0 Å². The maximum atomic E-state index is 13.9. The molecule has 1 aromatic carbocycles. The Bertz CT molecular complexity index is 698. The number of ether oxygens (including phenoxy) is 1. The van der Waals surface area contributed by atoms with Crippen LogP contribution in [0, 0.1) is 11.6 Å². The Morgan fingerprint density at radius 3 is 2.24 bits per heavy atom. The van der Waals surface area contributed by atoms with Gasteiger partial charge < -0.3 is 9.64 Å². The van der Waals surface area contributed by atoms with Crippen LogP contribution in [0.4, 0.5) is 8.78 Å². The van der Waals surface area contributed by atoms with Gasteiger partial charge in [0.25, 0.3) is 0 Å². The summed E-state index contributed by atoms with van der Waals surface area (Å²) >= 11 is 0. The molecule has 0 unspecified atom stereocenters. The standard InChI is InChI=1S/C17H24F2N2O3S/c1-24-15-6-8-20(9-7-15)14-4-10-21(11-5-14)25(22,23)17-3-2-13(18)12-16(17)19/h2-3,12,14-15H,4-11H2,1H3. The third-order valence-corrected chi connectivity index (χ3v) is 7.19. The number of sulfonamides is 1. The molecule has 8 heteroatoms. The van der Waals surface area contributed by atoms with Gasteiger partial charge >= 0.3 is 0 Å². The fourth-order valence-electron chi connectivity index (χ4n) is 3.75. The zero-order chi connectivity index (χ0) is 18.0. The van der Waals surface area contributed by atoms with Gasteiger partial charge in [-0.25, -0.2) is 17.2 Å². The molecule has 0 bridgehead atoms. The fourth-order valence-corrected chi connectivity index (χ4v) is 5.26. The molecule has 0 saturated carbocycles. The van der Waals surface area contributed by atoms with Crippen LogP contribution < -0.4 is 0 Å². The number of rotatable bonds is 4. The van der Waals surface area contributed by atoms with Crippen molar-refractivity contribution in [3.05, 3.63) is 29.8 Å². The van der Waals surface area contributed by atoms with Crippen LogP contribution in [0.2, 0.25) is 0 Å². The lowest BCUT2D eigenvalue weighted by Crippen LogP contribution is -2.49. The summed E-state index contributed by atoms with van der Waals surface area (Å²) in [5, 5.41) is 0. The largest absolute Gasteiger partial charge is 0.381 e. The van der Waals surface area contributed by atoms with E-state index in [0.29, 0.717) is 31.3 Å². The average molecular weight is 374 g/mol. The first-order chi connectivity index (χ1) is 11.9. The summed E-state index contributed by atoms with van der Waals surface area (Å²) < 4.78 is 58.8. The van der Waals surface area contributed by atoms with Crippen molar-refractivity contribution in [1.82, 2.24) is 9.21 Å². The zero-order valence-corrected chi connectivity index (χ0v) is 15.1. The van der Waals surface area contributed by atoms with Crippen molar-refractivity contribution >= 4 is 10.0 Å². The minimum Gasteiger partial charge on any atom is -0.381 e. The second kappa shape index (κ2) is 7.65. The Balaban J connectivity index is 1.62. The Kier molecular flexibility index (Phi) is 5.72. The topological polar surface area (TPSA) is 49.9 Å². The van der Waals surface area contributed by atoms with Crippen LogP contribution in [0.3, 0.4) is 0 Å². The predicted octanol–water partition coefficient (Wildman–Crippen LogP) is 2.23. The molecule has 25 heavy (non-hydrogen) atoms. The fraction of sp³-hybridized carbons (Fsp3) is 0.647. The van der Waals surface area contributed by atoms with Crippen molar-refractivity contribution in [3.63, 3.8) is 0 Å². The van der Waals surface area contributed by atoms with E-state index in [4.69, 9.17) is 4.74 Å². The Morgan fingerprint density at radius 1 is 1.04 bits per heavy atom. The van der Waals surface area contributed by atoms with Gasteiger partial charge in [0.15, 0.2) is 0 Å². The van der Waals surface area contributed by atoms with Gasteiger partial charge in [-0.3, -0.25) is 0 Å². The molecular weight excluding hydrogens is 350 g/mol. The van der Waals surface area contributed by atoms with Crippen molar-refractivity contribution in [2.75, 3.05) is 33.3 Å². The molecule has 1 aromatic rings. The van der Waals surface area contributed by atoms with E-state index in [1.807, 2.05) is 0 Å². The van der Waals surface area contributed by atoms with Gasteiger partial charge in [0.05, 0.1) is 6.10 Å². The lowest BCUT2D eigenvalue weighted by Gasteiger charge is -2.41. The first-order valence-corrected chi connectivity index (χ1v) is 10.1. The zero-order valence-electron chi connectivity index (χ0n) is 14.3. The monoisotopic (exact) mass is 374 g/mol. The molecule has 0 aliphatic carbocycles. The lowest BCUT2D eigenvalue weighted by atomic mass is 10.00. The number of likely N-dealkylation sites (tertiary alicyclic amines) is 1. The minimum atomic E-state index is -3.92. The van der Waals surface area contributed by atoms with E-state index in [2.05, 4.69) is 4.90 Å². The summed E-state index contributed by atoms with van der Waals surface area (Å²) in [7, 11) is -2.19. The quantitative estimate of drug-likeness (QED) is 0.811. The molecule has 2 saturated heterocycles. The molecular formula is C17H24F2N2O3S. The van der Waals surface area contributed by atoms with Crippen LogP contribution in [0.15, 0.2) is 23.1 Å². The SMILES string of the molecule is COC1CCN(C2CCN(S(=O)(=O)c3ccc(F)cc3F)CC2)CC1. The van der Waals surface area contributed by atoms with Crippen molar-refractivity contribution < 1.29 is 21.9 Å². The second-order valence-corrected chi connectivity index (χ2v) is 8.59. The van der Waals surface area contributed by atoms with Crippen LogP contribution in [-0.2, 0) is 14.8 Å². The van der Waals surface area contributed by atoms with Gasteiger partial charge in [-0.2, -0.15) is 4.31 Å². The van der Waals surface area contributed by atoms with Gasteiger partial charge in [0.1, 0.15) is 16.5 Å². The smallest absolute Gasteiger partial charge is 0.245 e. The van der Waals surface area contributed by atoms with Gasteiger partial charge in [-0.15, -0.1) is 0 Å². The minimum absolute atomic E-state index is 0.318. The molecule has 2 heterocycles. The Hall–Kier alpha value is -1.09. The van der Waals surface area contributed by atoms with Crippen LogP contribution in [0.5, 0.6) is 0 Å². The normalized spacial score (nSPS) is 22.4. The van der Waals surface area contributed by atoms with Gasteiger partial charge in [0.2, 0.25) is 10.0 Å². The van der Waals surface area contributed by atoms with Crippen LogP contribution in [0.25, 0.3) is 0 Å². The summed E-state index contributed by atoms with van der Waals surface area (Å²) in [6.45, 7) is 2.63. The number of halogens is 2. The van der Waals surface area contributed by atoms with Crippen molar-refractivity contribution in [2.24, 2.45) is 0 Å². The summed E-state index contributed by atoms with van der Waals surface area (Å²) in [6.07, 6.45) is 3.75. The summed E-state index contributed by atoms with van der Waals surface area (Å²) in [5.74, 6) is -1.82. The summed E-state index contributed by atoms with van der Waals surface area (Å²) in [4.78, 5) is 1.95. The molecule has 2 aliphatic rings. The van der Waals surface area contributed by atoms with Crippen LogP contribution in [-0.4, -0.2) is 63.1 Å². The van der Waals surface area contributed by atoms with Gasteiger partial charge in [-0.05, 0) is 37.8 Å². The number of hydrogen-bond acceptors (Lipinski definition) is 4. The van der Waals surface area contributed by atoms with E-state index in [1.54, 1.807) is 7.11 Å². The first kappa shape index (κ1) is 18.7. The molecule has 3 rings (SSSR count). The number of piperidine rings is 2. The molecule has 0 spiro atoms. The molecule has 0 atom stereocenters. The highest BCUT2D eigenvalue weighted by Crippen LogP contribution is 2.27. The summed E-state index contributed by atoms with van der Waals surface area (Å²) in [6, 6.07) is 2.94. The molecule has 0 radical (unpaired) electrons. The molecule has 0 amide bonds. The van der Waals surface area contributed by atoms with Crippen molar-refractivity contribution in [2.45, 2.75) is 42.7 Å². The van der Waals surface area contributed by atoms with Crippen molar-refractivity contribution in [1.29, 1.82) is 0 Å². The van der Waals surface area contributed by atoms with E-state index in [-0.39, 0.29) is 0 Å². The predicted molar refractivity (Wildman–Crippen MR) is 89.7 cm³/mol. The summed E-state index contributed by atoms with van der Waals surface area (Å²) in [5.41, 5.74) is 0. The van der Waals surface area contributed by atoms with Gasteiger partial charge in [0, 0.05) is 45.4 Å². The van der Waals surface area contributed by atoms with E-state index in [0.717, 1.165) is 50.9 Å². The third-order valence-electron chi connectivity index (χ3n) is 5.26. The van der Waals surface area contributed by atoms with E-state index in [1.165, 1.54) is 4.31 Å². The molecule has 2 aliphatic heterocycles. The maximum Gasteiger partial charge on any atom is 0.245 e. The molecule has 5 nitrogen and oxygen atoms in total. The Labute approximate surface area is 147 Å². The van der Waals surface area contributed by atoms with Crippen molar-refractivity contribution in [3.8, 4) is 0 Å². The molecule has 0 aromatic heterocycles. The average Bonchev–Trinajstić information content (AvgIpc) is 2.61. The highest BCUT2D eigenvalue weighted by atomic mass is 32.2. The lowest BCUT2D eigenvalue weighted by molar-refractivity contribution is 0.0190. The molecule has 0 N–H and O–H groups in total. The van der Waals surface area contributed by atoms with E-state index < -0.39 is 26.6 Å².